The first-order valence-electron chi connectivity index (χ1n) is 2.84. The van der Waals surface area contributed by atoms with Gasteiger partial charge < -0.3 is 15.0 Å². The molecule has 0 amide bonds. The average Bonchev–Trinajstić information content (AvgIpc) is 1.99. The molecule has 0 aromatic carbocycles. The molecular formula is C5H11NO4. The lowest BCUT2D eigenvalue weighted by atomic mass is 10.2. The van der Waals surface area contributed by atoms with Crippen LogP contribution < -0.4 is 5.90 Å². The van der Waals surface area contributed by atoms with Crippen LogP contribution in [0.4, 0.5) is 0 Å². The molecule has 0 aromatic heterocycles. The largest absolute Gasteiger partial charge is 0.394 e. The van der Waals surface area contributed by atoms with E-state index in [9.17, 15) is 4.79 Å². The number of hydrogen-bond donors (Lipinski definition) is 3. The first kappa shape index (κ1) is 9.51. The number of nitrogens with two attached hydrogens (primary N) is 1. The van der Waals surface area contributed by atoms with Crippen molar-refractivity contribution in [2.45, 2.75) is 18.6 Å². The van der Waals surface area contributed by atoms with Gasteiger partial charge in [-0.3, -0.25) is 4.84 Å². The Kier molecular flexibility index (Phi) is 5.05. The number of aliphatic hydroxyl groups excluding tert-OH is 2. The Labute approximate surface area is 58.4 Å². The van der Waals surface area contributed by atoms with Crippen molar-refractivity contribution in [2.24, 2.45) is 5.90 Å². The summed E-state index contributed by atoms with van der Waals surface area (Å²) in [6, 6.07) is 0. The summed E-state index contributed by atoms with van der Waals surface area (Å²) < 4.78 is 0. The highest BCUT2D eigenvalue weighted by atomic mass is 16.6. The van der Waals surface area contributed by atoms with Gasteiger partial charge in [0, 0.05) is 6.42 Å². The van der Waals surface area contributed by atoms with Crippen LogP contribution in [0.5, 0.6) is 0 Å². The third-order valence-electron chi connectivity index (χ3n) is 1.12. The summed E-state index contributed by atoms with van der Waals surface area (Å²) in [5.74, 6) is 4.71. The minimum atomic E-state index is -1.09. The average molecular weight is 149 g/mol. The van der Waals surface area contributed by atoms with Crippen molar-refractivity contribution < 1.29 is 19.8 Å². The van der Waals surface area contributed by atoms with Gasteiger partial charge in [-0.05, 0) is 0 Å². The second-order valence-corrected chi connectivity index (χ2v) is 1.83. The van der Waals surface area contributed by atoms with Gasteiger partial charge in [0.1, 0.15) is 18.5 Å². The maximum atomic E-state index is 9.87. The fraction of sp³-hybridized carbons (Fsp3) is 0.800. The minimum absolute atomic E-state index is 0.0156. The number of rotatable bonds is 5. The number of carbonyl (C=O) groups is 1. The quantitative estimate of drug-likeness (QED) is 0.316. The predicted octanol–water partition coefficient (Wildman–Crippen LogP) is -1.81. The molecule has 0 saturated carbocycles. The molecule has 10 heavy (non-hydrogen) atoms. The Hall–Kier alpha value is -0.490. The Morgan fingerprint density at radius 2 is 2.30 bits per heavy atom. The molecule has 5 nitrogen and oxygen atoms in total. The smallest absolute Gasteiger partial charge is 0.122 e. The highest BCUT2D eigenvalue weighted by Crippen LogP contribution is 1.98. The lowest BCUT2D eigenvalue weighted by molar-refractivity contribution is -0.115. The van der Waals surface area contributed by atoms with E-state index in [2.05, 4.69) is 4.84 Å². The topological polar surface area (TPSA) is 92.8 Å². The summed E-state index contributed by atoms with van der Waals surface area (Å²) in [6.45, 7) is -0.463. The summed E-state index contributed by atoms with van der Waals surface area (Å²) >= 11 is 0. The van der Waals surface area contributed by atoms with E-state index in [0.29, 0.717) is 6.29 Å². The second-order valence-electron chi connectivity index (χ2n) is 1.83. The van der Waals surface area contributed by atoms with Crippen LogP contribution >= 0.6 is 0 Å². The summed E-state index contributed by atoms with van der Waals surface area (Å²) in [5.41, 5.74) is 0. The summed E-state index contributed by atoms with van der Waals surface area (Å²) in [5, 5.41) is 17.2. The van der Waals surface area contributed by atoms with Gasteiger partial charge in [0.05, 0.1) is 6.61 Å². The first-order chi connectivity index (χ1) is 4.76. The van der Waals surface area contributed by atoms with Gasteiger partial charge in [0.25, 0.3) is 0 Å². The third kappa shape index (κ3) is 2.88. The van der Waals surface area contributed by atoms with Crippen molar-refractivity contribution in [3.63, 3.8) is 0 Å². The van der Waals surface area contributed by atoms with E-state index in [1.54, 1.807) is 0 Å². The van der Waals surface area contributed by atoms with Crippen LogP contribution in [0.15, 0.2) is 0 Å². The molecule has 0 fully saturated rings. The molecule has 0 heterocycles. The highest BCUT2D eigenvalue weighted by Gasteiger charge is 2.17. The molecule has 0 rings (SSSR count). The van der Waals surface area contributed by atoms with Crippen molar-refractivity contribution in [3.8, 4) is 0 Å². The van der Waals surface area contributed by atoms with Crippen LogP contribution in [0.2, 0.25) is 0 Å². The van der Waals surface area contributed by atoms with Crippen molar-refractivity contribution in [1.29, 1.82) is 0 Å². The first-order valence-corrected chi connectivity index (χ1v) is 2.84. The van der Waals surface area contributed by atoms with E-state index in [-0.39, 0.29) is 6.42 Å². The van der Waals surface area contributed by atoms with Gasteiger partial charge in [0.15, 0.2) is 0 Å². The van der Waals surface area contributed by atoms with Gasteiger partial charge in [-0.25, -0.2) is 5.90 Å². The monoisotopic (exact) mass is 149 g/mol. The van der Waals surface area contributed by atoms with E-state index in [1.165, 1.54) is 0 Å². The van der Waals surface area contributed by atoms with E-state index < -0.39 is 18.8 Å². The van der Waals surface area contributed by atoms with Crippen LogP contribution in [0.1, 0.15) is 6.42 Å². The molecular weight excluding hydrogens is 138 g/mol. The van der Waals surface area contributed by atoms with E-state index >= 15 is 0 Å². The zero-order valence-electron chi connectivity index (χ0n) is 5.43. The number of hydrogen-bond acceptors (Lipinski definition) is 5. The third-order valence-corrected chi connectivity index (χ3v) is 1.12. The molecule has 0 saturated heterocycles. The van der Waals surface area contributed by atoms with E-state index in [1.807, 2.05) is 0 Å². The Morgan fingerprint density at radius 3 is 2.60 bits per heavy atom. The highest BCUT2D eigenvalue weighted by molar-refractivity contribution is 5.50. The van der Waals surface area contributed by atoms with Crippen molar-refractivity contribution in [2.75, 3.05) is 6.61 Å². The van der Waals surface area contributed by atoms with Crippen LogP contribution in [0.3, 0.4) is 0 Å². The maximum absolute atomic E-state index is 9.87. The molecule has 2 atom stereocenters. The maximum Gasteiger partial charge on any atom is 0.122 e. The van der Waals surface area contributed by atoms with Crippen LogP contribution in [-0.2, 0) is 9.63 Å². The lowest BCUT2D eigenvalue weighted by Crippen LogP contribution is -2.34. The fourth-order valence-corrected chi connectivity index (χ4v) is 0.516. The Bertz CT molecular complexity index is 97.6. The molecule has 0 radical (unpaired) electrons. The van der Waals surface area contributed by atoms with Crippen molar-refractivity contribution >= 4 is 6.29 Å². The predicted molar refractivity (Wildman–Crippen MR) is 32.8 cm³/mol. The van der Waals surface area contributed by atoms with Gasteiger partial charge in [-0.1, -0.05) is 0 Å². The molecule has 0 aromatic rings. The van der Waals surface area contributed by atoms with Crippen LogP contribution in [0.25, 0.3) is 0 Å². The van der Waals surface area contributed by atoms with E-state index in [0.717, 1.165) is 0 Å². The van der Waals surface area contributed by atoms with Crippen LogP contribution in [-0.4, -0.2) is 35.3 Å². The number of aliphatic hydroxyl groups is 2. The summed E-state index contributed by atoms with van der Waals surface area (Å²) in [4.78, 5) is 14.1. The molecule has 0 aliphatic carbocycles. The van der Waals surface area contributed by atoms with Crippen LogP contribution in [0, 0.1) is 0 Å². The summed E-state index contributed by atoms with van der Waals surface area (Å²) in [7, 11) is 0. The fourth-order valence-electron chi connectivity index (χ4n) is 0.516. The van der Waals surface area contributed by atoms with Gasteiger partial charge in [-0.2, -0.15) is 0 Å². The molecule has 0 aliphatic heterocycles. The second kappa shape index (κ2) is 5.31. The SMILES string of the molecule is NO[C@@H](CC=O)[C@H](O)CO. The minimum Gasteiger partial charge on any atom is -0.394 e. The molecule has 0 aliphatic rings. The normalized spacial score (nSPS) is 16.3. The molecule has 60 valence electrons. The van der Waals surface area contributed by atoms with Gasteiger partial charge in [0.2, 0.25) is 0 Å². The Morgan fingerprint density at radius 1 is 1.70 bits per heavy atom. The summed E-state index contributed by atoms with van der Waals surface area (Å²) in [6.07, 6.45) is -1.34. The zero-order chi connectivity index (χ0) is 7.98. The van der Waals surface area contributed by atoms with Crippen molar-refractivity contribution in [3.05, 3.63) is 0 Å². The molecule has 5 heteroatoms. The molecule has 0 spiro atoms. The Balaban J connectivity index is 3.67. The van der Waals surface area contributed by atoms with Gasteiger partial charge >= 0.3 is 0 Å². The number of carbonyl (C=O) groups excluding carboxylic acids is 1. The molecule has 0 unspecified atom stereocenters. The lowest BCUT2D eigenvalue weighted by Gasteiger charge is -2.15. The number of aldehydes is 1. The zero-order valence-corrected chi connectivity index (χ0v) is 5.43. The molecule has 0 bridgehead atoms. The standard InChI is InChI=1S/C5H11NO4/c6-10-5(1-2-7)4(9)3-8/h2,4-5,8-9H,1,3,6H2/t4-,5+/m1/s1. The van der Waals surface area contributed by atoms with E-state index in [4.69, 9.17) is 16.1 Å². The van der Waals surface area contributed by atoms with Gasteiger partial charge in [-0.15, -0.1) is 0 Å². The molecule has 4 N–H and O–H groups in total. The van der Waals surface area contributed by atoms with Crippen molar-refractivity contribution in [1.82, 2.24) is 0 Å².